The summed E-state index contributed by atoms with van der Waals surface area (Å²) in [7, 11) is 0. The van der Waals surface area contributed by atoms with Crippen molar-refractivity contribution in [3.63, 3.8) is 0 Å². The van der Waals surface area contributed by atoms with Crippen LogP contribution in [0.25, 0.3) is 0 Å². The van der Waals surface area contributed by atoms with Gasteiger partial charge < -0.3 is 5.32 Å². The van der Waals surface area contributed by atoms with Crippen molar-refractivity contribution in [2.24, 2.45) is 10.9 Å². The SMILES string of the molecule is O=C1N=CNC(=O)C1Cc1ccccc1C(F)(F)F. The van der Waals surface area contributed by atoms with Gasteiger partial charge in [0.05, 0.1) is 11.9 Å². The van der Waals surface area contributed by atoms with E-state index < -0.39 is 29.5 Å². The number of carbonyl (C=O) groups is 2. The molecular formula is C12H9F3N2O2. The lowest BCUT2D eigenvalue weighted by Gasteiger charge is -2.18. The van der Waals surface area contributed by atoms with Crippen LogP contribution in [-0.2, 0) is 22.2 Å². The smallest absolute Gasteiger partial charge is 0.316 e. The molecule has 0 fully saturated rings. The Labute approximate surface area is 106 Å². The summed E-state index contributed by atoms with van der Waals surface area (Å²) in [6.07, 6.45) is -3.90. The number of rotatable bonds is 2. The number of carbonyl (C=O) groups excluding carboxylic acids is 2. The molecule has 7 heteroatoms. The van der Waals surface area contributed by atoms with Gasteiger partial charge in [0, 0.05) is 0 Å². The number of hydrogen-bond acceptors (Lipinski definition) is 2. The second-order valence-electron chi connectivity index (χ2n) is 4.02. The predicted molar refractivity (Wildman–Crippen MR) is 60.3 cm³/mol. The summed E-state index contributed by atoms with van der Waals surface area (Å²) in [5.41, 5.74) is -0.939. The van der Waals surface area contributed by atoms with Crippen molar-refractivity contribution < 1.29 is 22.8 Å². The molecule has 1 unspecified atom stereocenters. The van der Waals surface area contributed by atoms with Crippen LogP contribution in [0.3, 0.4) is 0 Å². The quantitative estimate of drug-likeness (QED) is 0.829. The molecule has 2 rings (SSSR count). The molecule has 2 amide bonds. The van der Waals surface area contributed by atoms with E-state index in [-0.39, 0.29) is 12.0 Å². The lowest BCUT2D eigenvalue weighted by Crippen LogP contribution is -2.39. The topological polar surface area (TPSA) is 58.5 Å². The molecular weight excluding hydrogens is 261 g/mol. The number of halogens is 3. The molecule has 1 atom stereocenters. The van der Waals surface area contributed by atoms with Crippen molar-refractivity contribution in [2.45, 2.75) is 12.6 Å². The molecule has 0 bridgehead atoms. The van der Waals surface area contributed by atoms with Crippen molar-refractivity contribution in [1.82, 2.24) is 5.32 Å². The van der Waals surface area contributed by atoms with Crippen LogP contribution < -0.4 is 5.32 Å². The summed E-state index contributed by atoms with van der Waals surface area (Å²) in [5.74, 6) is -2.59. The summed E-state index contributed by atoms with van der Waals surface area (Å²) in [4.78, 5) is 26.3. The van der Waals surface area contributed by atoms with Gasteiger partial charge in [-0.05, 0) is 18.1 Å². The highest BCUT2D eigenvalue weighted by Crippen LogP contribution is 2.33. The van der Waals surface area contributed by atoms with E-state index in [1.54, 1.807) is 0 Å². The van der Waals surface area contributed by atoms with Crippen LogP contribution in [0.2, 0.25) is 0 Å². The molecule has 1 N–H and O–H groups in total. The van der Waals surface area contributed by atoms with Gasteiger partial charge in [-0.25, -0.2) is 4.99 Å². The first-order valence-electron chi connectivity index (χ1n) is 5.41. The van der Waals surface area contributed by atoms with Gasteiger partial charge in [-0.3, -0.25) is 9.59 Å². The van der Waals surface area contributed by atoms with E-state index in [9.17, 15) is 22.8 Å². The van der Waals surface area contributed by atoms with Crippen LogP contribution in [0.1, 0.15) is 11.1 Å². The van der Waals surface area contributed by atoms with Crippen molar-refractivity contribution >= 4 is 18.2 Å². The molecule has 1 heterocycles. The number of aliphatic imine (C=N–C) groups is 1. The average molecular weight is 270 g/mol. The fourth-order valence-corrected chi connectivity index (χ4v) is 1.84. The number of hydrogen-bond donors (Lipinski definition) is 1. The first-order valence-corrected chi connectivity index (χ1v) is 5.41. The molecule has 1 aromatic rings. The molecule has 100 valence electrons. The maximum Gasteiger partial charge on any atom is 0.416 e. The van der Waals surface area contributed by atoms with E-state index in [2.05, 4.69) is 10.3 Å². The van der Waals surface area contributed by atoms with Crippen molar-refractivity contribution in [1.29, 1.82) is 0 Å². The number of alkyl halides is 3. The highest BCUT2D eigenvalue weighted by atomic mass is 19.4. The number of amides is 2. The molecule has 0 saturated heterocycles. The maximum atomic E-state index is 12.8. The Kier molecular flexibility index (Phi) is 3.37. The first kappa shape index (κ1) is 13.3. The van der Waals surface area contributed by atoms with Crippen molar-refractivity contribution in [2.75, 3.05) is 0 Å². The fourth-order valence-electron chi connectivity index (χ4n) is 1.84. The largest absolute Gasteiger partial charge is 0.416 e. The monoisotopic (exact) mass is 270 g/mol. The van der Waals surface area contributed by atoms with E-state index in [1.807, 2.05) is 0 Å². The van der Waals surface area contributed by atoms with Gasteiger partial charge in [0.2, 0.25) is 5.91 Å². The minimum atomic E-state index is -4.52. The standard InChI is InChI=1S/C12H9F3N2O2/c13-12(14,15)9-4-2-1-3-7(9)5-8-10(18)16-6-17-11(8)19/h1-4,6,8H,5H2,(H,16,17,18,19). The molecule has 19 heavy (non-hydrogen) atoms. The molecule has 1 aliphatic rings. The Bertz CT molecular complexity index is 552. The lowest BCUT2D eigenvalue weighted by molar-refractivity contribution is -0.139. The van der Waals surface area contributed by atoms with Gasteiger partial charge >= 0.3 is 6.18 Å². The minimum Gasteiger partial charge on any atom is -0.316 e. The average Bonchev–Trinajstić information content (AvgIpc) is 2.33. The van der Waals surface area contributed by atoms with Crippen LogP contribution in [-0.4, -0.2) is 18.2 Å². The summed E-state index contributed by atoms with van der Waals surface area (Å²) in [6, 6.07) is 4.86. The van der Waals surface area contributed by atoms with Gasteiger partial charge in [0.1, 0.15) is 5.92 Å². The Hall–Kier alpha value is -2.18. The molecule has 1 aromatic carbocycles. The van der Waals surface area contributed by atoms with E-state index in [0.29, 0.717) is 0 Å². The second kappa shape index (κ2) is 4.83. The highest BCUT2D eigenvalue weighted by Gasteiger charge is 2.36. The zero-order valence-electron chi connectivity index (χ0n) is 9.57. The number of nitrogens with one attached hydrogen (secondary N) is 1. The predicted octanol–water partition coefficient (Wildman–Crippen LogP) is 1.55. The van der Waals surface area contributed by atoms with Crippen molar-refractivity contribution in [3.05, 3.63) is 35.4 Å². The molecule has 0 aliphatic carbocycles. The Morgan fingerprint density at radius 1 is 1.21 bits per heavy atom. The van der Waals surface area contributed by atoms with Gasteiger partial charge in [-0.15, -0.1) is 0 Å². The molecule has 0 spiro atoms. The maximum absolute atomic E-state index is 12.8. The van der Waals surface area contributed by atoms with E-state index in [0.717, 1.165) is 12.4 Å². The van der Waals surface area contributed by atoms with Crippen LogP contribution in [0.4, 0.5) is 13.2 Å². The van der Waals surface area contributed by atoms with Gasteiger partial charge in [-0.2, -0.15) is 13.2 Å². The Morgan fingerprint density at radius 3 is 2.53 bits per heavy atom. The van der Waals surface area contributed by atoms with Crippen LogP contribution in [0.15, 0.2) is 29.3 Å². The normalized spacial score (nSPS) is 19.4. The first-order chi connectivity index (χ1) is 8.89. The molecule has 1 aliphatic heterocycles. The van der Waals surface area contributed by atoms with Crippen molar-refractivity contribution in [3.8, 4) is 0 Å². The van der Waals surface area contributed by atoms with E-state index in [1.165, 1.54) is 18.2 Å². The third-order valence-electron chi connectivity index (χ3n) is 2.76. The highest BCUT2D eigenvalue weighted by molar-refractivity contribution is 6.10. The zero-order chi connectivity index (χ0) is 14.0. The summed E-state index contributed by atoms with van der Waals surface area (Å²) in [6.45, 7) is 0. The van der Waals surface area contributed by atoms with Gasteiger partial charge in [0.25, 0.3) is 5.91 Å². The zero-order valence-corrected chi connectivity index (χ0v) is 9.57. The van der Waals surface area contributed by atoms with Gasteiger partial charge in [-0.1, -0.05) is 18.2 Å². The van der Waals surface area contributed by atoms with Gasteiger partial charge in [0.15, 0.2) is 0 Å². The summed E-state index contributed by atoms with van der Waals surface area (Å²) >= 11 is 0. The number of nitrogens with zero attached hydrogens (tertiary/aromatic N) is 1. The number of benzene rings is 1. The summed E-state index contributed by atoms with van der Waals surface area (Å²) < 4.78 is 38.3. The summed E-state index contributed by atoms with van der Waals surface area (Å²) in [5, 5.41) is 2.21. The van der Waals surface area contributed by atoms with Crippen LogP contribution in [0.5, 0.6) is 0 Å². The minimum absolute atomic E-state index is 0.0967. The molecule has 0 aromatic heterocycles. The Balaban J connectivity index is 2.31. The molecule has 0 radical (unpaired) electrons. The fraction of sp³-hybridized carbons (Fsp3) is 0.250. The lowest BCUT2D eigenvalue weighted by atomic mass is 9.93. The third-order valence-corrected chi connectivity index (χ3v) is 2.76. The van der Waals surface area contributed by atoms with E-state index >= 15 is 0 Å². The van der Waals surface area contributed by atoms with Crippen LogP contribution >= 0.6 is 0 Å². The molecule has 4 nitrogen and oxygen atoms in total. The third kappa shape index (κ3) is 2.81. The van der Waals surface area contributed by atoms with Crippen LogP contribution in [0, 0.1) is 5.92 Å². The molecule has 0 saturated carbocycles. The second-order valence-corrected chi connectivity index (χ2v) is 4.02. The Morgan fingerprint density at radius 2 is 1.89 bits per heavy atom. The van der Waals surface area contributed by atoms with E-state index in [4.69, 9.17) is 0 Å².